The molecule has 1 aromatic heterocycles. The fourth-order valence-corrected chi connectivity index (χ4v) is 3.51. The zero-order valence-electron chi connectivity index (χ0n) is 13.8. The number of halogens is 3. The second-order valence-electron chi connectivity index (χ2n) is 6.18. The molecule has 1 aliphatic rings. The number of hydrogen-bond acceptors (Lipinski definition) is 4. The molecule has 3 rings (SSSR count). The Morgan fingerprint density at radius 3 is 2.42 bits per heavy atom. The molecule has 1 amide bonds. The summed E-state index contributed by atoms with van der Waals surface area (Å²) >= 11 is -0.176. The first-order valence-electron chi connectivity index (χ1n) is 7.94. The van der Waals surface area contributed by atoms with Gasteiger partial charge in [0.1, 0.15) is 11.5 Å². The molecule has 26 heavy (non-hydrogen) atoms. The SMILES string of the molecule is Cc1nc(C(=O)NC2(c3ccc(SC(F)(F)F)cc3)CCC2)cc(=O)[nH]1. The maximum Gasteiger partial charge on any atom is 0.446 e. The van der Waals surface area contributed by atoms with Gasteiger partial charge in [0.05, 0.1) is 5.54 Å². The lowest BCUT2D eigenvalue weighted by Gasteiger charge is -2.43. The number of nitrogens with zero attached hydrogens (tertiary/aromatic N) is 1. The lowest BCUT2D eigenvalue weighted by molar-refractivity contribution is -0.0328. The summed E-state index contributed by atoms with van der Waals surface area (Å²) in [5, 5.41) is 2.90. The number of hydrogen-bond donors (Lipinski definition) is 2. The summed E-state index contributed by atoms with van der Waals surface area (Å²) in [5.74, 6) is -0.147. The first-order valence-corrected chi connectivity index (χ1v) is 8.75. The van der Waals surface area contributed by atoms with Crippen LogP contribution in [0.3, 0.4) is 0 Å². The zero-order valence-corrected chi connectivity index (χ0v) is 14.6. The zero-order chi connectivity index (χ0) is 18.9. The standard InChI is InChI=1S/C17H16F3N3O2S/c1-10-21-13(9-14(24)22-10)15(25)23-16(7-2-8-16)11-3-5-12(6-4-11)26-17(18,19)20/h3-6,9H,2,7-8H2,1H3,(H,23,25)(H,21,22,24). The first-order chi connectivity index (χ1) is 12.2. The predicted molar refractivity (Wildman–Crippen MR) is 90.9 cm³/mol. The molecular formula is C17H16F3N3O2S. The summed E-state index contributed by atoms with van der Waals surface area (Å²) in [6, 6.07) is 7.12. The third-order valence-electron chi connectivity index (χ3n) is 4.29. The molecule has 1 heterocycles. The third-order valence-corrected chi connectivity index (χ3v) is 5.03. The van der Waals surface area contributed by atoms with E-state index in [9.17, 15) is 22.8 Å². The Bertz CT molecular complexity index is 874. The van der Waals surface area contributed by atoms with E-state index in [4.69, 9.17) is 0 Å². The van der Waals surface area contributed by atoms with Gasteiger partial charge in [0, 0.05) is 11.0 Å². The Hall–Kier alpha value is -2.29. The highest BCUT2D eigenvalue weighted by molar-refractivity contribution is 8.00. The van der Waals surface area contributed by atoms with E-state index < -0.39 is 22.5 Å². The van der Waals surface area contributed by atoms with Gasteiger partial charge < -0.3 is 10.3 Å². The molecule has 9 heteroatoms. The van der Waals surface area contributed by atoms with Gasteiger partial charge in [0.15, 0.2) is 0 Å². The van der Waals surface area contributed by atoms with Gasteiger partial charge in [-0.15, -0.1) is 0 Å². The summed E-state index contributed by atoms with van der Waals surface area (Å²) in [6.07, 6.45) is 2.24. The monoisotopic (exact) mass is 383 g/mol. The smallest absolute Gasteiger partial charge is 0.341 e. The molecule has 2 aromatic rings. The van der Waals surface area contributed by atoms with E-state index >= 15 is 0 Å². The number of alkyl halides is 3. The number of nitrogens with one attached hydrogen (secondary N) is 2. The molecule has 1 aromatic carbocycles. The number of aryl methyl sites for hydroxylation is 1. The minimum Gasteiger partial charge on any atom is -0.341 e. The molecule has 0 radical (unpaired) electrons. The van der Waals surface area contributed by atoms with Crippen LogP contribution in [0.1, 0.15) is 41.1 Å². The highest BCUT2D eigenvalue weighted by Crippen LogP contribution is 2.43. The van der Waals surface area contributed by atoms with Crippen LogP contribution in [-0.4, -0.2) is 21.4 Å². The number of thioether (sulfide) groups is 1. The molecule has 5 nitrogen and oxygen atoms in total. The van der Waals surface area contributed by atoms with Gasteiger partial charge in [-0.3, -0.25) is 9.59 Å². The van der Waals surface area contributed by atoms with Gasteiger partial charge in [-0.1, -0.05) is 12.1 Å². The van der Waals surface area contributed by atoms with E-state index in [2.05, 4.69) is 15.3 Å². The van der Waals surface area contributed by atoms with Crippen molar-refractivity contribution < 1.29 is 18.0 Å². The molecular weight excluding hydrogens is 367 g/mol. The molecule has 0 atom stereocenters. The van der Waals surface area contributed by atoms with Crippen LogP contribution in [0.15, 0.2) is 40.0 Å². The normalized spacial score (nSPS) is 16.0. The Balaban J connectivity index is 1.80. The van der Waals surface area contributed by atoms with Crippen LogP contribution < -0.4 is 10.9 Å². The van der Waals surface area contributed by atoms with Crippen LogP contribution in [0.25, 0.3) is 0 Å². The van der Waals surface area contributed by atoms with Gasteiger partial charge >= 0.3 is 5.51 Å². The van der Waals surface area contributed by atoms with Crippen LogP contribution in [0.4, 0.5) is 13.2 Å². The summed E-state index contributed by atoms with van der Waals surface area (Å²) in [4.78, 5) is 30.6. The Morgan fingerprint density at radius 2 is 1.92 bits per heavy atom. The summed E-state index contributed by atoms with van der Waals surface area (Å²) in [5.41, 5.74) is -4.64. The highest BCUT2D eigenvalue weighted by Gasteiger charge is 2.40. The van der Waals surface area contributed by atoms with E-state index in [1.807, 2.05) is 0 Å². The minimum atomic E-state index is -4.34. The fraction of sp³-hybridized carbons (Fsp3) is 0.353. The number of rotatable bonds is 4. The van der Waals surface area contributed by atoms with E-state index in [0.717, 1.165) is 18.1 Å². The molecule has 1 saturated carbocycles. The molecule has 1 fully saturated rings. The van der Waals surface area contributed by atoms with Crippen molar-refractivity contribution in [1.82, 2.24) is 15.3 Å². The van der Waals surface area contributed by atoms with Crippen molar-refractivity contribution >= 4 is 17.7 Å². The summed E-state index contributed by atoms with van der Waals surface area (Å²) < 4.78 is 37.3. The van der Waals surface area contributed by atoms with Crippen molar-refractivity contribution in [3.63, 3.8) is 0 Å². The third kappa shape index (κ3) is 4.09. The van der Waals surface area contributed by atoms with E-state index in [1.165, 1.54) is 12.1 Å². The Morgan fingerprint density at radius 1 is 1.27 bits per heavy atom. The molecule has 2 N–H and O–H groups in total. The summed E-state index contributed by atoms with van der Waals surface area (Å²) in [7, 11) is 0. The summed E-state index contributed by atoms with van der Waals surface area (Å²) in [6.45, 7) is 1.58. The maximum atomic E-state index is 12.5. The van der Waals surface area contributed by atoms with Crippen molar-refractivity contribution in [2.24, 2.45) is 0 Å². The number of aromatic nitrogens is 2. The van der Waals surface area contributed by atoms with E-state index in [-0.39, 0.29) is 22.4 Å². The number of aromatic amines is 1. The molecule has 0 unspecified atom stereocenters. The molecule has 1 aliphatic carbocycles. The lowest BCUT2D eigenvalue weighted by atomic mass is 9.71. The van der Waals surface area contributed by atoms with Crippen LogP contribution in [-0.2, 0) is 5.54 Å². The second kappa shape index (κ2) is 6.79. The Labute approximate surface area is 151 Å². The molecule has 0 bridgehead atoms. The average molecular weight is 383 g/mol. The molecule has 138 valence electrons. The number of amides is 1. The van der Waals surface area contributed by atoms with Crippen LogP contribution in [0.5, 0.6) is 0 Å². The van der Waals surface area contributed by atoms with Crippen molar-refractivity contribution in [2.75, 3.05) is 0 Å². The number of carbonyl (C=O) groups is 1. The van der Waals surface area contributed by atoms with Crippen molar-refractivity contribution in [3.8, 4) is 0 Å². The van der Waals surface area contributed by atoms with Gasteiger partial charge in [-0.2, -0.15) is 13.2 Å². The number of carbonyl (C=O) groups excluding carboxylic acids is 1. The first kappa shape index (κ1) is 18.5. The average Bonchev–Trinajstić information content (AvgIpc) is 2.49. The fourth-order valence-electron chi connectivity index (χ4n) is 2.97. The molecule has 0 saturated heterocycles. The van der Waals surface area contributed by atoms with Crippen molar-refractivity contribution in [3.05, 3.63) is 57.8 Å². The maximum absolute atomic E-state index is 12.5. The number of benzene rings is 1. The van der Waals surface area contributed by atoms with Crippen molar-refractivity contribution in [1.29, 1.82) is 0 Å². The van der Waals surface area contributed by atoms with Gasteiger partial charge in [-0.05, 0) is 55.6 Å². The van der Waals surface area contributed by atoms with Crippen LogP contribution in [0.2, 0.25) is 0 Å². The number of H-pyrrole nitrogens is 1. The lowest BCUT2D eigenvalue weighted by Crippen LogP contribution is -2.51. The van der Waals surface area contributed by atoms with Gasteiger partial charge in [-0.25, -0.2) is 4.98 Å². The molecule has 0 spiro atoms. The van der Waals surface area contributed by atoms with Crippen LogP contribution >= 0.6 is 11.8 Å². The van der Waals surface area contributed by atoms with Crippen molar-refractivity contribution in [2.45, 2.75) is 42.1 Å². The predicted octanol–water partition coefficient (Wildman–Crippen LogP) is 3.50. The largest absolute Gasteiger partial charge is 0.446 e. The topological polar surface area (TPSA) is 74.8 Å². The quantitative estimate of drug-likeness (QED) is 0.793. The van der Waals surface area contributed by atoms with Gasteiger partial charge in [0.2, 0.25) is 0 Å². The highest BCUT2D eigenvalue weighted by atomic mass is 32.2. The minimum absolute atomic E-state index is 0.0155. The molecule has 0 aliphatic heterocycles. The van der Waals surface area contributed by atoms with E-state index in [1.54, 1.807) is 19.1 Å². The second-order valence-corrected chi connectivity index (χ2v) is 7.32. The van der Waals surface area contributed by atoms with Gasteiger partial charge in [0.25, 0.3) is 11.5 Å². The van der Waals surface area contributed by atoms with E-state index in [0.29, 0.717) is 18.7 Å². The van der Waals surface area contributed by atoms with Crippen LogP contribution in [0, 0.1) is 6.92 Å². The Kier molecular flexibility index (Phi) is 4.83.